The van der Waals surface area contributed by atoms with Gasteiger partial charge in [-0.3, -0.25) is 4.79 Å². The Bertz CT molecular complexity index is 569. The van der Waals surface area contributed by atoms with E-state index in [9.17, 15) is 4.79 Å². The summed E-state index contributed by atoms with van der Waals surface area (Å²) >= 11 is 1.52. The highest BCUT2D eigenvalue weighted by Crippen LogP contribution is 2.21. The maximum atomic E-state index is 10.9. The lowest BCUT2D eigenvalue weighted by atomic mass is 10.4. The van der Waals surface area contributed by atoms with Crippen molar-refractivity contribution < 1.29 is 0 Å². The number of hydrogen-bond donors (Lipinski definition) is 2. The van der Waals surface area contributed by atoms with E-state index < -0.39 is 0 Å². The molecule has 7 heteroatoms. The van der Waals surface area contributed by atoms with Crippen molar-refractivity contribution in [1.82, 2.24) is 25.7 Å². The predicted octanol–water partition coefficient (Wildman–Crippen LogP) is 0.583. The second-order valence-electron chi connectivity index (χ2n) is 4.29. The van der Waals surface area contributed by atoms with E-state index in [4.69, 9.17) is 0 Å². The topological polar surface area (TPSA) is 83.6 Å². The molecular formula is C11H13N5OS. The molecule has 0 saturated heterocycles. The molecular weight excluding hydrogens is 250 g/mol. The Hall–Kier alpha value is -1.60. The summed E-state index contributed by atoms with van der Waals surface area (Å²) in [4.78, 5) is 10.9. The molecule has 0 radical (unpaired) electrons. The Morgan fingerprint density at radius 2 is 2.28 bits per heavy atom. The number of aromatic nitrogens is 4. The van der Waals surface area contributed by atoms with Crippen molar-refractivity contribution in [2.24, 2.45) is 0 Å². The molecule has 0 aromatic carbocycles. The zero-order valence-electron chi connectivity index (χ0n) is 9.72. The Balaban J connectivity index is 1.64. The fourth-order valence-corrected chi connectivity index (χ4v) is 2.40. The van der Waals surface area contributed by atoms with Gasteiger partial charge in [-0.15, -0.1) is 10.2 Å². The molecule has 0 bridgehead atoms. The number of rotatable bonds is 5. The van der Waals surface area contributed by atoms with Crippen LogP contribution >= 0.6 is 11.3 Å². The average Bonchev–Trinajstić information content (AvgIpc) is 3.08. The Morgan fingerprint density at radius 3 is 3.00 bits per heavy atom. The fourth-order valence-electron chi connectivity index (χ4n) is 1.59. The van der Waals surface area contributed by atoms with Crippen molar-refractivity contribution in [3.05, 3.63) is 27.5 Å². The minimum atomic E-state index is -0.211. The first-order valence-electron chi connectivity index (χ1n) is 5.93. The first kappa shape index (κ1) is 11.5. The molecule has 1 aliphatic carbocycles. The summed E-state index contributed by atoms with van der Waals surface area (Å²) in [5.41, 5.74) is 0.450. The molecule has 3 rings (SSSR count). The molecule has 0 atom stereocenters. The fraction of sp³-hybridized carbons (Fsp3) is 0.455. The highest BCUT2D eigenvalue weighted by atomic mass is 32.1. The van der Waals surface area contributed by atoms with Crippen LogP contribution < -0.4 is 10.9 Å². The van der Waals surface area contributed by atoms with E-state index in [1.807, 2.05) is 0 Å². The van der Waals surface area contributed by atoms with Gasteiger partial charge in [0.05, 0.1) is 0 Å². The molecule has 2 aromatic heterocycles. The van der Waals surface area contributed by atoms with Crippen LogP contribution in [0.4, 0.5) is 0 Å². The van der Waals surface area contributed by atoms with Crippen LogP contribution in [0.2, 0.25) is 0 Å². The summed E-state index contributed by atoms with van der Waals surface area (Å²) in [5.74, 6) is 0. The zero-order valence-corrected chi connectivity index (χ0v) is 10.5. The van der Waals surface area contributed by atoms with Crippen molar-refractivity contribution >= 4 is 11.3 Å². The van der Waals surface area contributed by atoms with Crippen molar-refractivity contribution in [3.8, 4) is 10.7 Å². The average molecular weight is 263 g/mol. The Kier molecular flexibility index (Phi) is 3.16. The van der Waals surface area contributed by atoms with E-state index in [1.54, 1.807) is 6.07 Å². The number of nitrogens with one attached hydrogen (secondary N) is 2. The lowest BCUT2D eigenvalue weighted by Crippen LogP contribution is -2.19. The smallest absolute Gasteiger partial charge is 0.264 e. The van der Waals surface area contributed by atoms with E-state index >= 15 is 0 Å². The Morgan fingerprint density at radius 1 is 1.39 bits per heavy atom. The van der Waals surface area contributed by atoms with E-state index in [-0.39, 0.29) is 5.56 Å². The van der Waals surface area contributed by atoms with Gasteiger partial charge in [0.15, 0.2) is 5.01 Å². The third-order valence-corrected chi connectivity index (χ3v) is 3.72. The van der Waals surface area contributed by atoms with Gasteiger partial charge in [-0.05, 0) is 18.9 Å². The van der Waals surface area contributed by atoms with Gasteiger partial charge in [-0.25, -0.2) is 5.10 Å². The van der Waals surface area contributed by atoms with Gasteiger partial charge in [0.25, 0.3) is 5.56 Å². The minimum absolute atomic E-state index is 0.211. The first-order chi connectivity index (χ1) is 8.81. The van der Waals surface area contributed by atoms with E-state index in [1.165, 1.54) is 30.2 Å². The van der Waals surface area contributed by atoms with Gasteiger partial charge in [0.2, 0.25) is 0 Å². The molecule has 18 heavy (non-hydrogen) atoms. The molecule has 2 N–H and O–H groups in total. The zero-order chi connectivity index (χ0) is 12.4. The molecule has 2 aromatic rings. The summed E-state index contributed by atoms with van der Waals surface area (Å²) in [7, 11) is 0. The molecule has 0 unspecified atom stereocenters. The van der Waals surface area contributed by atoms with Gasteiger partial charge >= 0.3 is 0 Å². The molecule has 0 amide bonds. The van der Waals surface area contributed by atoms with Gasteiger partial charge in [-0.1, -0.05) is 11.3 Å². The molecule has 94 valence electrons. The van der Waals surface area contributed by atoms with Crippen LogP contribution in [0.1, 0.15) is 17.8 Å². The molecule has 0 aliphatic heterocycles. The van der Waals surface area contributed by atoms with Crippen LogP contribution in [0, 0.1) is 0 Å². The third kappa shape index (κ3) is 2.80. The lowest BCUT2D eigenvalue weighted by molar-refractivity contribution is 0.677. The van der Waals surface area contributed by atoms with E-state index in [2.05, 4.69) is 25.7 Å². The van der Waals surface area contributed by atoms with Crippen LogP contribution in [0.3, 0.4) is 0 Å². The van der Waals surface area contributed by atoms with Crippen LogP contribution in [0.5, 0.6) is 0 Å². The van der Waals surface area contributed by atoms with Gasteiger partial charge < -0.3 is 5.32 Å². The van der Waals surface area contributed by atoms with Crippen LogP contribution in [0.25, 0.3) is 10.7 Å². The number of H-pyrrole nitrogens is 1. The van der Waals surface area contributed by atoms with Crippen molar-refractivity contribution in [1.29, 1.82) is 0 Å². The largest absolute Gasteiger partial charge is 0.314 e. The minimum Gasteiger partial charge on any atom is -0.314 e. The molecule has 6 nitrogen and oxygen atoms in total. The van der Waals surface area contributed by atoms with Crippen molar-refractivity contribution in [2.75, 3.05) is 6.54 Å². The van der Waals surface area contributed by atoms with Gasteiger partial charge in [0.1, 0.15) is 10.7 Å². The third-order valence-electron chi connectivity index (χ3n) is 2.71. The first-order valence-corrected chi connectivity index (χ1v) is 6.75. The van der Waals surface area contributed by atoms with Crippen LogP contribution in [-0.4, -0.2) is 33.0 Å². The van der Waals surface area contributed by atoms with Gasteiger partial charge in [0, 0.05) is 25.1 Å². The summed E-state index contributed by atoms with van der Waals surface area (Å²) in [6.45, 7) is 0.943. The van der Waals surface area contributed by atoms with Crippen molar-refractivity contribution in [2.45, 2.75) is 25.3 Å². The summed E-state index contributed by atoms with van der Waals surface area (Å²) < 4.78 is 0. The lowest BCUT2D eigenvalue weighted by Gasteiger charge is -1.97. The standard InChI is InChI=1S/C11H13N5OS/c17-9-4-3-8(13-14-9)11-16-15-10(18-11)5-6-12-7-1-2-7/h3-4,7,12H,1-2,5-6H2,(H,14,17). The molecule has 1 fully saturated rings. The second-order valence-corrected chi connectivity index (χ2v) is 5.35. The number of aromatic amines is 1. The quantitative estimate of drug-likeness (QED) is 0.824. The SMILES string of the molecule is O=c1ccc(-c2nnc(CCNC3CC3)s2)n[nH]1. The van der Waals surface area contributed by atoms with Gasteiger partial charge in [-0.2, -0.15) is 5.10 Å². The van der Waals surface area contributed by atoms with E-state index in [0.717, 1.165) is 29.0 Å². The molecule has 0 spiro atoms. The number of hydrogen-bond acceptors (Lipinski definition) is 6. The highest BCUT2D eigenvalue weighted by molar-refractivity contribution is 7.14. The molecule has 1 aliphatic rings. The molecule has 1 saturated carbocycles. The molecule has 2 heterocycles. The second kappa shape index (κ2) is 4.95. The Labute approximate surface area is 107 Å². The summed E-state index contributed by atoms with van der Waals surface area (Å²) in [6.07, 6.45) is 3.48. The predicted molar refractivity (Wildman–Crippen MR) is 68.5 cm³/mol. The summed E-state index contributed by atoms with van der Waals surface area (Å²) in [5, 5.41) is 19.7. The maximum Gasteiger partial charge on any atom is 0.264 e. The van der Waals surface area contributed by atoms with Crippen molar-refractivity contribution in [3.63, 3.8) is 0 Å². The monoisotopic (exact) mass is 263 g/mol. The van der Waals surface area contributed by atoms with E-state index in [0.29, 0.717) is 5.69 Å². The number of nitrogens with zero attached hydrogens (tertiary/aromatic N) is 3. The van der Waals surface area contributed by atoms with Crippen LogP contribution in [0.15, 0.2) is 16.9 Å². The summed E-state index contributed by atoms with van der Waals surface area (Å²) in [6, 6.07) is 3.82. The highest BCUT2D eigenvalue weighted by Gasteiger charge is 2.19. The maximum absolute atomic E-state index is 10.9. The van der Waals surface area contributed by atoms with Crippen LogP contribution in [-0.2, 0) is 6.42 Å². The normalized spacial score (nSPS) is 14.9.